The highest BCUT2D eigenvalue weighted by Crippen LogP contribution is 2.31. The first-order chi connectivity index (χ1) is 12.7. The fraction of sp³-hybridized carbons (Fsp3) is 0.444. The number of aryl methyl sites for hydroxylation is 2. The van der Waals surface area contributed by atoms with Crippen LogP contribution in [0, 0.1) is 13.8 Å². The molecular formula is C18H26N4O4S. The Morgan fingerprint density at radius 3 is 2.15 bits per heavy atom. The number of aromatic nitrogens is 2. The standard InChI is InChI=1S/C18H26N4O4S/c1-7-25-14-9-10-15(26-8-2)16(11-14)27(23,24)21-17-12(3)19-18(22(5)6)20-13(17)4/h9-11,21H,7-8H2,1-6H3. The minimum absolute atomic E-state index is 0.00536. The molecule has 9 heteroatoms. The number of anilines is 2. The SMILES string of the molecule is CCOc1ccc(OCC)c(S(=O)(=O)Nc2c(C)nc(N(C)C)nc2C)c1. The lowest BCUT2D eigenvalue weighted by molar-refractivity contribution is 0.322. The molecule has 0 radical (unpaired) electrons. The first-order valence-electron chi connectivity index (χ1n) is 8.64. The number of rotatable bonds is 8. The zero-order valence-corrected chi connectivity index (χ0v) is 17.3. The zero-order chi connectivity index (χ0) is 20.2. The monoisotopic (exact) mass is 394 g/mol. The molecule has 8 nitrogen and oxygen atoms in total. The summed E-state index contributed by atoms with van der Waals surface area (Å²) in [6.07, 6.45) is 0. The van der Waals surface area contributed by atoms with E-state index in [2.05, 4.69) is 14.7 Å². The Kier molecular flexibility index (Phi) is 6.48. The molecule has 2 aromatic rings. The van der Waals surface area contributed by atoms with E-state index in [9.17, 15) is 8.42 Å². The van der Waals surface area contributed by atoms with Gasteiger partial charge in [0.25, 0.3) is 10.0 Å². The second-order valence-corrected chi connectivity index (χ2v) is 7.69. The van der Waals surface area contributed by atoms with Crippen molar-refractivity contribution in [2.45, 2.75) is 32.6 Å². The number of sulfonamides is 1. The van der Waals surface area contributed by atoms with Crippen molar-refractivity contribution in [1.82, 2.24) is 9.97 Å². The summed E-state index contributed by atoms with van der Waals surface area (Å²) in [7, 11) is -0.284. The molecule has 0 fully saturated rings. The van der Waals surface area contributed by atoms with Gasteiger partial charge in [0.1, 0.15) is 16.4 Å². The Morgan fingerprint density at radius 1 is 1.04 bits per heavy atom. The smallest absolute Gasteiger partial charge is 0.265 e. The van der Waals surface area contributed by atoms with Crippen molar-refractivity contribution in [3.05, 3.63) is 29.6 Å². The van der Waals surface area contributed by atoms with Crippen LogP contribution in [0.1, 0.15) is 25.2 Å². The summed E-state index contributed by atoms with van der Waals surface area (Å²) in [6, 6.07) is 4.73. The predicted octanol–water partition coefficient (Wildman–Crippen LogP) is 2.76. The van der Waals surface area contributed by atoms with Gasteiger partial charge in [0.15, 0.2) is 0 Å². The lowest BCUT2D eigenvalue weighted by Crippen LogP contribution is -2.19. The first kappa shape index (κ1) is 20.8. The van der Waals surface area contributed by atoms with E-state index in [0.717, 1.165) is 0 Å². The number of benzene rings is 1. The topological polar surface area (TPSA) is 93.6 Å². The normalized spacial score (nSPS) is 11.2. The number of hydrogen-bond acceptors (Lipinski definition) is 7. The molecule has 0 atom stereocenters. The van der Waals surface area contributed by atoms with Crippen molar-refractivity contribution in [2.75, 3.05) is 36.9 Å². The van der Waals surface area contributed by atoms with Crippen molar-refractivity contribution in [3.8, 4) is 11.5 Å². The molecular weight excluding hydrogens is 368 g/mol. The van der Waals surface area contributed by atoms with E-state index in [0.29, 0.717) is 42.0 Å². The van der Waals surface area contributed by atoms with Crippen LogP contribution in [0.15, 0.2) is 23.1 Å². The van der Waals surface area contributed by atoms with Crippen molar-refractivity contribution in [1.29, 1.82) is 0 Å². The molecule has 0 aliphatic rings. The number of nitrogens with one attached hydrogen (secondary N) is 1. The summed E-state index contributed by atoms with van der Waals surface area (Å²) >= 11 is 0. The lowest BCUT2D eigenvalue weighted by Gasteiger charge is -2.18. The van der Waals surface area contributed by atoms with Gasteiger partial charge < -0.3 is 14.4 Å². The van der Waals surface area contributed by atoms with Gasteiger partial charge in [0.2, 0.25) is 5.95 Å². The van der Waals surface area contributed by atoms with Crippen LogP contribution in [-0.2, 0) is 10.0 Å². The van der Waals surface area contributed by atoms with Gasteiger partial charge >= 0.3 is 0 Å². The lowest BCUT2D eigenvalue weighted by atomic mass is 10.3. The highest BCUT2D eigenvalue weighted by molar-refractivity contribution is 7.92. The molecule has 1 N–H and O–H groups in total. The van der Waals surface area contributed by atoms with Crippen molar-refractivity contribution >= 4 is 21.7 Å². The molecule has 0 bridgehead atoms. The Labute approximate surface area is 160 Å². The molecule has 0 aliphatic carbocycles. The second-order valence-electron chi connectivity index (χ2n) is 6.04. The van der Waals surface area contributed by atoms with Crippen LogP contribution in [0.25, 0.3) is 0 Å². The molecule has 0 amide bonds. The van der Waals surface area contributed by atoms with Crippen molar-refractivity contribution in [2.24, 2.45) is 0 Å². The van der Waals surface area contributed by atoms with Gasteiger partial charge in [-0.25, -0.2) is 18.4 Å². The molecule has 148 valence electrons. The van der Waals surface area contributed by atoms with E-state index < -0.39 is 10.0 Å². The Balaban J connectivity index is 2.49. The maximum atomic E-state index is 13.1. The maximum Gasteiger partial charge on any atom is 0.265 e. The van der Waals surface area contributed by atoms with Crippen LogP contribution >= 0.6 is 0 Å². The first-order valence-corrected chi connectivity index (χ1v) is 10.1. The van der Waals surface area contributed by atoms with Crippen molar-refractivity contribution in [3.63, 3.8) is 0 Å². The summed E-state index contributed by atoms with van der Waals surface area (Å²) in [5.41, 5.74) is 1.42. The fourth-order valence-electron chi connectivity index (χ4n) is 2.47. The largest absolute Gasteiger partial charge is 0.494 e. The third-order valence-electron chi connectivity index (χ3n) is 3.71. The third kappa shape index (κ3) is 4.79. The quantitative estimate of drug-likeness (QED) is 0.736. The maximum absolute atomic E-state index is 13.1. The van der Waals surface area contributed by atoms with Crippen LogP contribution in [0.5, 0.6) is 11.5 Å². The minimum Gasteiger partial charge on any atom is -0.494 e. The van der Waals surface area contributed by atoms with Gasteiger partial charge in [-0.3, -0.25) is 4.72 Å². The average molecular weight is 394 g/mol. The van der Waals surface area contributed by atoms with E-state index in [1.807, 2.05) is 21.0 Å². The van der Waals surface area contributed by atoms with Gasteiger partial charge in [-0.1, -0.05) is 0 Å². The van der Waals surface area contributed by atoms with E-state index in [1.165, 1.54) is 6.07 Å². The van der Waals surface area contributed by atoms with Gasteiger partial charge in [-0.15, -0.1) is 0 Å². The molecule has 0 aliphatic heterocycles. The van der Waals surface area contributed by atoms with Crippen LogP contribution < -0.4 is 19.1 Å². The Bertz CT molecular complexity index is 891. The van der Waals surface area contributed by atoms with Crippen LogP contribution in [0.2, 0.25) is 0 Å². The van der Waals surface area contributed by atoms with Gasteiger partial charge in [0.05, 0.1) is 30.3 Å². The summed E-state index contributed by atoms with van der Waals surface area (Å²) in [6.45, 7) is 7.87. The zero-order valence-electron chi connectivity index (χ0n) is 16.5. The highest BCUT2D eigenvalue weighted by Gasteiger charge is 2.23. The van der Waals surface area contributed by atoms with E-state index in [-0.39, 0.29) is 10.6 Å². The average Bonchev–Trinajstić information content (AvgIpc) is 2.59. The van der Waals surface area contributed by atoms with Gasteiger partial charge in [0, 0.05) is 20.2 Å². The van der Waals surface area contributed by atoms with Gasteiger partial charge in [-0.05, 0) is 39.8 Å². The van der Waals surface area contributed by atoms with Crippen LogP contribution in [0.4, 0.5) is 11.6 Å². The molecule has 1 aromatic carbocycles. The Morgan fingerprint density at radius 2 is 1.63 bits per heavy atom. The Hall–Kier alpha value is -2.55. The second kappa shape index (κ2) is 8.43. The molecule has 0 spiro atoms. The van der Waals surface area contributed by atoms with Gasteiger partial charge in [-0.2, -0.15) is 0 Å². The molecule has 27 heavy (non-hydrogen) atoms. The highest BCUT2D eigenvalue weighted by atomic mass is 32.2. The molecule has 1 aromatic heterocycles. The summed E-state index contributed by atoms with van der Waals surface area (Å²) in [4.78, 5) is 10.5. The van der Waals surface area contributed by atoms with Crippen LogP contribution in [-0.4, -0.2) is 45.7 Å². The predicted molar refractivity (Wildman–Crippen MR) is 105 cm³/mol. The minimum atomic E-state index is -3.93. The van der Waals surface area contributed by atoms with E-state index in [4.69, 9.17) is 9.47 Å². The molecule has 1 heterocycles. The molecule has 0 unspecified atom stereocenters. The molecule has 2 rings (SSSR count). The summed E-state index contributed by atoms with van der Waals surface area (Å²) in [5, 5.41) is 0. The molecule has 0 saturated carbocycles. The number of nitrogens with zero attached hydrogens (tertiary/aromatic N) is 3. The fourth-order valence-corrected chi connectivity index (χ4v) is 3.80. The van der Waals surface area contributed by atoms with E-state index in [1.54, 1.807) is 37.8 Å². The number of ether oxygens (including phenoxy) is 2. The summed E-state index contributed by atoms with van der Waals surface area (Å²) in [5.74, 6) is 1.23. The number of hydrogen-bond donors (Lipinski definition) is 1. The molecule has 0 saturated heterocycles. The van der Waals surface area contributed by atoms with E-state index >= 15 is 0 Å². The van der Waals surface area contributed by atoms with Crippen LogP contribution in [0.3, 0.4) is 0 Å². The summed E-state index contributed by atoms with van der Waals surface area (Å²) < 4.78 is 39.7. The van der Waals surface area contributed by atoms with Crippen molar-refractivity contribution < 1.29 is 17.9 Å². The third-order valence-corrected chi connectivity index (χ3v) is 5.08.